The molecule has 106 valence electrons. The van der Waals surface area contributed by atoms with Crippen molar-refractivity contribution in [3.05, 3.63) is 12.1 Å². The fraction of sp³-hybridized carbons (Fsp3) is 0.643. The minimum atomic E-state index is 0.394. The molecule has 2 rings (SSSR count). The van der Waals surface area contributed by atoms with E-state index in [-0.39, 0.29) is 0 Å². The molecule has 2 N–H and O–H groups in total. The SMILES string of the molecule is CCCC(=N)CC1CCN(Sc2ccc(O)s2)CC1. The molecule has 1 saturated heterocycles. The molecular formula is C14H22N2OS2. The van der Waals surface area contributed by atoms with Gasteiger partial charge in [0.15, 0.2) is 5.06 Å². The Morgan fingerprint density at radius 2 is 2.21 bits per heavy atom. The van der Waals surface area contributed by atoms with Gasteiger partial charge in [0.2, 0.25) is 0 Å². The van der Waals surface area contributed by atoms with Crippen molar-refractivity contribution in [1.82, 2.24) is 4.31 Å². The Morgan fingerprint density at radius 1 is 1.47 bits per heavy atom. The van der Waals surface area contributed by atoms with Crippen molar-refractivity contribution in [2.75, 3.05) is 13.1 Å². The molecule has 0 spiro atoms. The molecule has 0 atom stereocenters. The Kier molecular flexibility index (Phi) is 5.73. The van der Waals surface area contributed by atoms with Gasteiger partial charge in [-0.2, -0.15) is 0 Å². The largest absolute Gasteiger partial charge is 0.499 e. The van der Waals surface area contributed by atoms with Gasteiger partial charge >= 0.3 is 0 Å². The number of nitrogens with one attached hydrogen (secondary N) is 1. The lowest BCUT2D eigenvalue weighted by atomic mass is 9.91. The smallest absolute Gasteiger partial charge is 0.172 e. The Labute approximate surface area is 123 Å². The monoisotopic (exact) mass is 298 g/mol. The standard InChI is InChI=1S/C14H22N2OS2/c1-2-3-12(15)10-11-6-8-16(9-7-11)19-14-5-4-13(17)18-14/h4-5,11,15,17H,2-3,6-10H2,1H3. The summed E-state index contributed by atoms with van der Waals surface area (Å²) < 4.78 is 3.54. The average molecular weight is 298 g/mol. The maximum absolute atomic E-state index is 9.34. The number of aromatic hydroxyl groups is 1. The lowest BCUT2D eigenvalue weighted by molar-refractivity contribution is 0.297. The van der Waals surface area contributed by atoms with E-state index in [0.717, 1.165) is 42.3 Å². The maximum atomic E-state index is 9.34. The van der Waals surface area contributed by atoms with E-state index in [4.69, 9.17) is 5.41 Å². The first-order valence-corrected chi connectivity index (χ1v) is 8.54. The summed E-state index contributed by atoms with van der Waals surface area (Å²) in [6, 6.07) is 3.74. The molecule has 0 amide bonds. The molecule has 0 aliphatic carbocycles. The highest BCUT2D eigenvalue weighted by atomic mass is 32.2. The third kappa shape index (κ3) is 4.82. The molecule has 0 unspecified atom stereocenters. The molecule has 1 aliphatic heterocycles. The minimum Gasteiger partial charge on any atom is -0.499 e. The second-order valence-electron chi connectivity index (χ2n) is 5.11. The van der Waals surface area contributed by atoms with Crippen molar-refractivity contribution in [2.45, 2.75) is 43.2 Å². The molecule has 2 heterocycles. The van der Waals surface area contributed by atoms with Crippen LogP contribution in [0.1, 0.15) is 39.0 Å². The van der Waals surface area contributed by atoms with Gasteiger partial charge in [-0.3, -0.25) is 0 Å². The molecule has 0 radical (unpaired) electrons. The Balaban J connectivity index is 1.71. The van der Waals surface area contributed by atoms with Crippen LogP contribution in [0.25, 0.3) is 0 Å². The summed E-state index contributed by atoms with van der Waals surface area (Å²) in [4.78, 5) is 0. The number of piperidine rings is 1. The number of nitrogens with zero attached hydrogens (tertiary/aromatic N) is 1. The van der Waals surface area contributed by atoms with Crippen LogP contribution in [0, 0.1) is 11.3 Å². The molecule has 1 aromatic heterocycles. The predicted molar refractivity (Wildman–Crippen MR) is 83.4 cm³/mol. The predicted octanol–water partition coefficient (Wildman–Crippen LogP) is 4.38. The van der Waals surface area contributed by atoms with Crippen LogP contribution >= 0.6 is 23.3 Å². The fourth-order valence-electron chi connectivity index (χ4n) is 2.44. The van der Waals surface area contributed by atoms with E-state index < -0.39 is 0 Å². The van der Waals surface area contributed by atoms with Crippen LogP contribution in [0.3, 0.4) is 0 Å². The van der Waals surface area contributed by atoms with E-state index >= 15 is 0 Å². The summed E-state index contributed by atoms with van der Waals surface area (Å²) in [7, 11) is 0. The first kappa shape index (κ1) is 14.9. The summed E-state index contributed by atoms with van der Waals surface area (Å²) in [6.07, 6.45) is 5.43. The molecule has 3 nitrogen and oxygen atoms in total. The van der Waals surface area contributed by atoms with Crippen molar-refractivity contribution in [2.24, 2.45) is 5.92 Å². The first-order valence-electron chi connectivity index (χ1n) is 6.95. The first-order chi connectivity index (χ1) is 9.17. The summed E-state index contributed by atoms with van der Waals surface area (Å²) >= 11 is 3.20. The van der Waals surface area contributed by atoms with Gasteiger partial charge in [0.05, 0.1) is 4.21 Å². The van der Waals surface area contributed by atoms with E-state index in [2.05, 4.69) is 11.2 Å². The highest BCUT2D eigenvalue weighted by Gasteiger charge is 2.21. The van der Waals surface area contributed by atoms with E-state index in [1.807, 2.05) is 6.07 Å². The number of rotatable bonds is 6. The quantitative estimate of drug-likeness (QED) is 0.605. The van der Waals surface area contributed by atoms with Crippen molar-refractivity contribution >= 4 is 29.0 Å². The van der Waals surface area contributed by atoms with Crippen LogP contribution in [-0.4, -0.2) is 28.2 Å². The highest BCUT2D eigenvalue weighted by molar-refractivity contribution is 7.99. The maximum Gasteiger partial charge on any atom is 0.172 e. The van der Waals surface area contributed by atoms with Gasteiger partial charge in [0.25, 0.3) is 0 Å². The molecule has 0 aromatic carbocycles. The summed E-state index contributed by atoms with van der Waals surface area (Å²) in [6.45, 7) is 4.32. The summed E-state index contributed by atoms with van der Waals surface area (Å²) in [5, 5.41) is 17.6. The van der Waals surface area contributed by atoms with Crippen molar-refractivity contribution < 1.29 is 5.11 Å². The zero-order chi connectivity index (χ0) is 13.7. The molecule has 1 fully saturated rings. The van der Waals surface area contributed by atoms with Crippen LogP contribution in [0.2, 0.25) is 0 Å². The molecule has 0 saturated carbocycles. The molecule has 19 heavy (non-hydrogen) atoms. The van der Waals surface area contributed by atoms with Gasteiger partial charge in [-0.15, -0.1) is 0 Å². The second kappa shape index (κ2) is 7.31. The second-order valence-corrected chi connectivity index (χ2v) is 7.57. The normalized spacial score (nSPS) is 17.7. The van der Waals surface area contributed by atoms with Crippen LogP contribution in [0.4, 0.5) is 0 Å². The number of hydrogen-bond donors (Lipinski definition) is 2. The van der Waals surface area contributed by atoms with Crippen LogP contribution in [0.15, 0.2) is 16.3 Å². The van der Waals surface area contributed by atoms with Crippen molar-refractivity contribution in [3.8, 4) is 5.06 Å². The highest BCUT2D eigenvalue weighted by Crippen LogP contribution is 2.35. The van der Waals surface area contributed by atoms with Crippen molar-refractivity contribution in [3.63, 3.8) is 0 Å². The van der Waals surface area contributed by atoms with E-state index in [1.165, 1.54) is 24.2 Å². The zero-order valence-electron chi connectivity index (χ0n) is 11.4. The van der Waals surface area contributed by atoms with Crippen LogP contribution in [-0.2, 0) is 0 Å². The van der Waals surface area contributed by atoms with E-state index in [0.29, 0.717) is 11.0 Å². The molecule has 1 aromatic rings. The van der Waals surface area contributed by atoms with Gasteiger partial charge in [0, 0.05) is 18.8 Å². The van der Waals surface area contributed by atoms with Crippen LogP contribution in [0.5, 0.6) is 5.06 Å². The van der Waals surface area contributed by atoms with Gasteiger partial charge in [-0.1, -0.05) is 24.7 Å². The number of thiophene rings is 1. The van der Waals surface area contributed by atoms with E-state index in [1.54, 1.807) is 18.0 Å². The summed E-state index contributed by atoms with van der Waals surface area (Å²) in [5.74, 6) is 0.702. The fourth-order valence-corrected chi connectivity index (χ4v) is 4.42. The lowest BCUT2D eigenvalue weighted by Crippen LogP contribution is -2.29. The van der Waals surface area contributed by atoms with Crippen LogP contribution < -0.4 is 0 Å². The number of hydrogen-bond acceptors (Lipinski definition) is 5. The van der Waals surface area contributed by atoms with Crippen molar-refractivity contribution in [1.29, 1.82) is 5.41 Å². The average Bonchev–Trinajstić information content (AvgIpc) is 2.78. The van der Waals surface area contributed by atoms with Gasteiger partial charge in [-0.25, -0.2) is 4.31 Å². The molecular weight excluding hydrogens is 276 g/mol. The van der Waals surface area contributed by atoms with Gasteiger partial charge in [0.1, 0.15) is 0 Å². The van der Waals surface area contributed by atoms with E-state index in [9.17, 15) is 5.11 Å². The third-order valence-electron chi connectivity index (χ3n) is 3.45. The molecule has 1 aliphatic rings. The lowest BCUT2D eigenvalue weighted by Gasteiger charge is -2.30. The zero-order valence-corrected chi connectivity index (χ0v) is 13.0. The van der Waals surface area contributed by atoms with Gasteiger partial charge in [-0.05, 0) is 55.7 Å². The Morgan fingerprint density at radius 3 is 2.79 bits per heavy atom. The Hall–Kier alpha value is -0.520. The Bertz CT molecular complexity index is 411. The summed E-state index contributed by atoms with van der Waals surface area (Å²) in [5.41, 5.74) is 0.928. The third-order valence-corrected chi connectivity index (χ3v) is 5.54. The topological polar surface area (TPSA) is 47.3 Å². The van der Waals surface area contributed by atoms with Gasteiger partial charge < -0.3 is 10.5 Å². The molecule has 0 bridgehead atoms. The minimum absolute atomic E-state index is 0.394. The molecule has 5 heteroatoms.